The highest BCUT2D eigenvalue weighted by atomic mass is 35.5. The van der Waals surface area contributed by atoms with Crippen molar-refractivity contribution in [1.29, 1.82) is 0 Å². The average Bonchev–Trinajstić information content (AvgIpc) is 2.34. The third kappa shape index (κ3) is 5.34. The summed E-state index contributed by atoms with van der Waals surface area (Å²) in [6.45, 7) is 1.95. The van der Waals surface area contributed by atoms with Crippen LogP contribution in [0.5, 0.6) is 5.75 Å². The number of benzene rings is 1. The number of nitrogens with two attached hydrogens (primary N) is 1. The third-order valence-corrected chi connectivity index (χ3v) is 4.84. The zero-order valence-corrected chi connectivity index (χ0v) is 12.9. The zero-order valence-electron chi connectivity index (χ0n) is 10.6. The lowest BCUT2D eigenvalue weighted by atomic mass is 10.2. The van der Waals surface area contributed by atoms with Crippen LogP contribution in [0.3, 0.4) is 0 Å². The van der Waals surface area contributed by atoms with Gasteiger partial charge in [-0.15, -0.1) is 0 Å². The molecule has 0 atom stereocenters. The number of ether oxygens (including phenoxy) is 1. The molecule has 0 amide bonds. The van der Waals surface area contributed by atoms with E-state index in [1.165, 1.54) is 0 Å². The maximum absolute atomic E-state index is 11.3. The number of hydrogen-bond donors (Lipinski definition) is 1. The fourth-order valence-electron chi connectivity index (χ4n) is 1.40. The lowest BCUT2D eigenvalue weighted by Gasteiger charge is -2.08. The first-order valence-corrected chi connectivity index (χ1v) is 8.39. The zero-order chi connectivity index (χ0) is 14.5. The van der Waals surface area contributed by atoms with Crippen molar-refractivity contribution >= 4 is 38.6 Å². The molecule has 0 fully saturated rings. The quantitative estimate of drug-likeness (QED) is 0.615. The summed E-state index contributed by atoms with van der Waals surface area (Å²) < 4.78 is 28.0. The molecule has 106 valence electrons. The molecule has 1 aromatic carbocycles. The van der Waals surface area contributed by atoms with Gasteiger partial charge in [0.05, 0.1) is 17.4 Å². The lowest BCUT2D eigenvalue weighted by molar-refractivity contribution is 0.317. The predicted molar refractivity (Wildman–Crippen MR) is 81.8 cm³/mol. The van der Waals surface area contributed by atoms with E-state index in [4.69, 9.17) is 34.3 Å². The van der Waals surface area contributed by atoms with Crippen LogP contribution in [-0.2, 0) is 9.84 Å². The van der Waals surface area contributed by atoms with Crippen LogP contribution in [0.15, 0.2) is 18.2 Å². The molecule has 0 saturated carbocycles. The molecule has 7 heteroatoms. The van der Waals surface area contributed by atoms with Gasteiger partial charge in [-0.05, 0) is 24.6 Å². The first kappa shape index (κ1) is 16.2. The van der Waals surface area contributed by atoms with E-state index in [1.807, 2.05) is 0 Å². The molecule has 0 aliphatic carbocycles. The van der Waals surface area contributed by atoms with Crippen LogP contribution in [-0.4, -0.2) is 31.5 Å². The van der Waals surface area contributed by atoms with Gasteiger partial charge in [0, 0.05) is 11.3 Å². The molecule has 0 unspecified atom stereocenters. The third-order valence-electron chi connectivity index (χ3n) is 2.51. The van der Waals surface area contributed by atoms with E-state index in [0.717, 1.165) is 0 Å². The second-order valence-corrected chi connectivity index (χ2v) is 7.26. The summed E-state index contributed by atoms with van der Waals surface area (Å²) in [4.78, 5) is 0.227. The van der Waals surface area contributed by atoms with Crippen LogP contribution in [0.4, 0.5) is 0 Å². The summed E-state index contributed by atoms with van der Waals surface area (Å²) in [5.41, 5.74) is 6.08. The van der Waals surface area contributed by atoms with Gasteiger partial charge in [-0.1, -0.05) is 30.7 Å². The summed E-state index contributed by atoms with van der Waals surface area (Å²) in [5, 5.41) is 0.422. The van der Waals surface area contributed by atoms with Crippen molar-refractivity contribution in [3.05, 3.63) is 28.8 Å². The van der Waals surface area contributed by atoms with Crippen molar-refractivity contribution in [3.63, 3.8) is 0 Å². The Bertz CT molecular complexity index is 558. The summed E-state index contributed by atoms with van der Waals surface area (Å²) in [6, 6.07) is 5.00. The van der Waals surface area contributed by atoms with E-state index < -0.39 is 9.84 Å². The maximum atomic E-state index is 11.3. The molecular weight excluding hydrogens is 306 g/mol. The van der Waals surface area contributed by atoms with E-state index in [1.54, 1.807) is 25.1 Å². The van der Waals surface area contributed by atoms with Crippen LogP contribution in [0.1, 0.15) is 18.9 Å². The lowest BCUT2D eigenvalue weighted by Crippen LogP contribution is -2.12. The fourth-order valence-corrected chi connectivity index (χ4v) is 2.75. The molecule has 4 nitrogen and oxygen atoms in total. The maximum Gasteiger partial charge on any atom is 0.150 e. The topological polar surface area (TPSA) is 69.4 Å². The van der Waals surface area contributed by atoms with Crippen LogP contribution in [0, 0.1) is 0 Å². The van der Waals surface area contributed by atoms with E-state index >= 15 is 0 Å². The molecule has 19 heavy (non-hydrogen) atoms. The summed E-state index contributed by atoms with van der Waals surface area (Å²) >= 11 is 10.8. The van der Waals surface area contributed by atoms with Gasteiger partial charge >= 0.3 is 0 Å². The number of hydrogen-bond acceptors (Lipinski definition) is 4. The molecule has 0 heterocycles. The second kappa shape index (κ2) is 7.07. The van der Waals surface area contributed by atoms with Crippen molar-refractivity contribution < 1.29 is 13.2 Å². The standard InChI is InChI=1S/C12H16ClNO3S2/c1-2-19(15,16)7-3-6-17-9-4-5-10(12(14)18)11(13)8-9/h4-5,8H,2-3,6-7H2,1H3,(H2,14,18). The molecule has 0 saturated heterocycles. The van der Waals surface area contributed by atoms with Gasteiger partial charge < -0.3 is 10.5 Å². The van der Waals surface area contributed by atoms with Crippen LogP contribution < -0.4 is 10.5 Å². The molecule has 1 aromatic rings. The van der Waals surface area contributed by atoms with Gasteiger partial charge in [0.2, 0.25) is 0 Å². The molecule has 2 N–H and O–H groups in total. The highest BCUT2D eigenvalue weighted by molar-refractivity contribution is 7.91. The number of sulfone groups is 1. The van der Waals surface area contributed by atoms with Gasteiger partial charge in [0.25, 0.3) is 0 Å². The van der Waals surface area contributed by atoms with Gasteiger partial charge in [-0.2, -0.15) is 0 Å². The van der Waals surface area contributed by atoms with E-state index in [2.05, 4.69) is 0 Å². The Morgan fingerprint density at radius 1 is 1.47 bits per heavy atom. The molecule has 0 radical (unpaired) electrons. The second-order valence-electron chi connectivity index (χ2n) is 3.94. The van der Waals surface area contributed by atoms with Gasteiger partial charge in [0.1, 0.15) is 20.6 Å². The average molecular weight is 322 g/mol. The minimum atomic E-state index is -2.94. The van der Waals surface area contributed by atoms with Gasteiger partial charge in [0.15, 0.2) is 0 Å². The Kier molecular flexibility index (Phi) is 6.03. The molecule has 0 aromatic heterocycles. The van der Waals surface area contributed by atoms with Crippen molar-refractivity contribution in [3.8, 4) is 5.75 Å². The van der Waals surface area contributed by atoms with Crippen molar-refractivity contribution in [2.45, 2.75) is 13.3 Å². The number of halogens is 1. The smallest absolute Gasteiger partial charge is 0.150 e. The first-order valence-electron chi connectivity index (χ1n) is 5.78. The number of rotatable bonds is 7. The minimum Gasteiger partial charge on any atom is -0.494 e. The Balaban J connectivity index is 2.51. The molecule has 0 bridgehead atoms. The normalized spacial score (nSPS) is 11.3. The monoisotopic (exact) mass is 321 g/mol. The van der Waals surface area contributed by atoms with Crippen molar-refractivity contribution in [2.75, 3.05) is 18.1 Å². The Labute approximate surface area is 123 Å². The van der Waals surface area contributed by atoms with Gasteiger partial charge in [-0.3, -0.25) is 0 Å². The summed E-state index contributed by atoms with van der Waals surface area (Å²) in [6.07, 6.45) is 0.449. The predicted octanol–water partition coefficient (Wildman–Crippen LogP) is 2.18. The van der Waals surface area contributed by atoms with Crippen molar-refractivity contribution in [2.24, 2.45) is 5.73 Å². The Morgan fingerprint density at radius 2 is 2.16 bits per heavy atom. The SMILES string of the molecule is CCS(=O)(=O)CCCOc1ccc(C(N)=S)c(Cl)c1. The fraction of sp³-hybridized carbons (Fsp3) is 0.417. The Hall–Kier alpha value is -0.850. The molecule has 0 spiro atoms. The van der Waals surface area contributed by atoms with Crippen LogP contribution in [0.2, 0.25) is 5.02 Å². The summed E-state index contributed by atoms with van der Waals surface area (Å²) in [5.74, 6) is 0.850. The molecular formula is C12H16ClNO3S2. The highest BCUT2D eigenvalue weighted by Crippen LogP contribution is 2.22. The molecule has 0 aliphatic rings. The van der Waals surface area contributed by atoms with E-state index in [0.29, 0.717) is 29.4 Å². The molecule has 0 aliphatic heterocycles. The number of thiocarbonyl (C=S) groups is 1. The van der Waals surface area contributed by atoms with E-state index in [9.17, 15) is 8.42 Å². The largest absolute Gasteiger partial charge is 0.494 e. The summed E-state index contributed by atoms with van der Waals surface area (Å²) in [7, 11) is -2.94. The first-order chi connectivity index (χ1) is 8.85. The Morgan fingerprint density at radius 3 is 2.68 bits per heavy atom. The van der Waals surface area contributed by atoms with Crippen molar-refractivity contribution in [1.82, 2.24) is 0 Å². The highest BCUT2D eigenvalue weighted by Gasteiger charge is 2.08. The van der Waals surface area contributed by atoms with Crippen LogP contribution in [0.25, 0.3) is 0 Å². The minimum absolute atomic E-state index is 0.127. The van der Waals surface area contributed by atoms with Crippen LogP contribution >= 0.6 is 23.8 Å². The van der Waals surface area contributed by atoms with E-state index in [-0.39, 0.29) is 16.5 Å². The van der Waals surface area contributed by atoms with Gasteiger partial charge in [-0.25, -0.2) is 8.42 Å². The molecule has 1 rings (SSSR count).